The Hall–Kier alpha value is -3.39. The fourth-order valence-electron chi connectivity index (χ4n) is 5.37. The Morgan fingerprint density at radius 1 is 1.10 bits per heavy atom. The topological polar surface area (TPSA) is 110 Å². The summed E-state index contributed by atoms with van der Waals surface area (Å²) in [7, 11) is 0. The molecule has 3 atom stereocenters. The second kappa shape index (κ2) is 13.6. The predicted molar refractivity (Wildman–Crippen MR) is 153 cm³/mol. The molecule has 2 aromatic rings. The Balaban J connectivity index is 1.60. The van der Waals surface area contributed by atoms with Crippen LogP contribution in [0, 0.1) is 11.8 Å². The number of phenolic OH excluding ortho intramolecular Hbond substituents is 1. The average molecular weight is 538 g/mol. The van der Waals surface area contributed by atoms with Gasteiger partial charge in [-0.1, -0.05) is 58.0 Å². The Labute approximate surface area is 232 Å². The summed E-state index contributed by atoms with van der Waals surface area (Å²) in [4.78, 5) is 41.4. The molecule has 212 valence electrons. The van der Waals surface area contributed by atoms with Gasteiger partial charge in [-0.15, -0.1) is 0 Å². The zero-order chi connectivity index (χ0) is 28.6. The number of hydrogen-bond donors (Lipinski definition) is 3. The molecule has 0 aliphatic carbocycles. The molecule has 3 N–H and O–H groups in total. The third-order valence-electron chi connectivity index (χ3n) is 7.99. The number of piperidine rings is 1. The maximum atomic E-state index is 13.3. The van der Waals surface area contributed by atoms with Crippen molar-refractivity contribution in [1.82, 2.24) is 10.2 Å². The second-order valence-corrected chi connectivity index (χ2v) is 11.4. The second-order valence-electron chi connectivity index (χ2n) is 11.4. The van der Waals surface area contributed by atoms with Gasteiger partial charge in [-0.25, -0.2) is 4.79 Å². The fraction of sp³-hybridized carbons (Fsp3) is 0.516. The van der Waals surface area contributed by atoms with Crippen LogP contribution in [0.2, 0.25) is 0 Å². The molecular formula is C31H43N3O5. The van der Waals surface area contributed by atoms with Crippen LogP contribution in [-0.4, -0.2) is 65.1 Å². The Bertz CT molecular complexity index is 1120. The molecule has 0 spiro atoms. The van der Waals surface area contributed by atoms with Crippen LogP contribution in [0.3, 0.4) is 0 Å². The number of amides is 2. The number of aliphatic carboxylic acids is 1. The molecule has 1 saturated heterocycles. The molecule has 2 aromatic carbocycles. The van der Waals surface area contributed by atoms with Crippen molar-refractivity contribution in [2.45, 2.75) is 64.8 Å². The number of hydrogen-bond acceptors (Lipinski definition) is 5. The van der Waals surface area contributed by atoms with Crippen molar-refractivity contribution in [3.8, 4) is 5.75 Å². The van der Waals surface area contributed by atoms with Crippen LogP contribution in [0.5, 0.6) is 5.75 Å². The molecule has 3 rings (SSSR count). The number of carboxylic acid groups (broad SMARTS) is 1. The molecule has 1 aliphatic rings. The zero-order valence-electron chi connectivity index (χ0n) is 23.6. The van der Waals surface area contributed by atoms with E-state index in [1.54, 1.807) is 11.0 Å². The number of carbonyl (C=O) groups is 3. The Morgan fingerprint density at radius 2 is 1.82 bits per heavy atom. The number of para-hydroxylation sites is 1. The number of likely N-dealkylation sites (tertiary alicyclic amines) is 1. The smallest absolute Gasteiger partial charge is 0.326 e. The molecule has 0 saturated carbocycles. The minimum absolute atomic E-state index is 0.000714. The molecule has 1 aliphatic heterocycles. The van der Waals surface area contributed by atoms with Crippen LogP contribution in [0.15, 0.2) is 54.6 Å². The van der Waals surface area contributed by atoms with Crippen molar-refractivity contribution in [2.75, 3.05) is 31.1 Å². The monoisotopic (exact) mass is 537 g/mol. The predicted octanol–water partition coefficient (Wildman–Crippen LogP) is 4.42. The number of nitrogens with zero attached hydrogens (tertiary/aromatic N) is 2. The number of anilines is 1. The van der Waals surface area contributed by atoms with Crippen LogP contribution in [-0.2, 0) is 19.8 Å². The van der Waals surface area contributed by atoms with Gasteiger partial charge in [0.25, 0.3) is 0 Å². The number of benzene rings is 2. The molecular weight excluding hydrogens is 494 g/mol. The van der Waals surface area contributed by atoms with Crippen molar-refractivity contribution < 1.29 is 24.6 Å². The van der Waals surface area contributed by atoms with Crippen molar-refractivity contribution in [1.29, 1.82) is 0 Å². The number of nitrogens with one attached hydrogen (secondary N) is 1. The first-order chi connectivity index (χ1) is 18.5. The van der Waals surface area contributed by atoms with Gasteiger partial charge >= 0.3 is 5.97 Å². The summed E-state index contributed by atoms with van der Waals surface area (Å²) >= 11 is 0. The third-order valence-corrected chi connectivity index (χ3v) is 7.99. The van der Waals surface area contributed by atoms with E-state index in [-0.39, 0.29) is 35.8 Å². The van der Waals surface area contributed by atoms with Crippen LogP contribution in [0.4, 0.5) is 5.69 Å². The van der Waals surface area contributed by atoms with Crippen molar-refractivity contribution in [3.63, 3.8) is 0 Å². The minimum Gasteiger partial charge on any atom is -0.508 e. The van der Waals surface area contributed by atoms with E-state index in [9.17, 15) is 24.6 Å². The van der Waals surface area contributed by atoms with Crippen LogP contribution in [0.25, 0.3) is 0 Å². The van der Waals surface area contributed by atoms with Crippen LogP contribution in [0.1, 0.15) is 58.9 Å². The highest BCUT2D eigenvalue weighted by atomic mass is 16.4. The molecule has 2 amide bonds. The molecule has 1 fully saturated rings. The van der Waals surface area contributed by atoms with Gasteiger partial charge in [-0.3, -0.25) is 9.59 Å². The molecule has 0 radical (unpaired) electrons. The summed E-state index contributed by atoms with van der Waals surface area (Å²) in [5.74, 6) is -0.901. The van der Waals surface area contributed by atoms with E-state index in [2.05, 4.69) is 30.1 Å². The lowest BCUT2D eigenvalue weighted by molar-refractivity contribution is -0.142. The highest BCUT2D eigenvalue weighted by Gasteiger charge is 2.38. The first-order valence-corrected chi connectivity index (χ1v) is 13.9. The first kappa shape index (κ1) is 30.2. The lowest BCUT2D eigenvalue weighted by atomic mass is 9.68. The van der Waals surface area contributed by atoms with E-state index in [0.29, 0.717) is 25.4 Å². The lowest BCUT2D eigenvalue weighted by Crippen LogP contribution is -2.49. The van der Waals surface area contributed by atoms with E-state index >= 15 is 0 Å². The minimum atomic E-state index is -1.06. The molecule has 8 heteroatoms. The SMILES string of the molecule is CC(C)CC(NC(=O)CCC(=O)N(CCN1CCC(C)(c2cccc(O)c2)C(C)C1)c1ccccc1)C(=O)O. The number of phenols is 1. The molecule has 39 heavy (non-hydrogen) atoms. The number of rotatable bonds is 12. The van der Waals surface area contributed by atoms with Crippen molar-refractivity contribution >= 4 is 23.5 Å². The maximum Gasteiger partial charge on any atom is 0.326 e. The maximum absolute atomic E-state index is 13.3. The van der Waals surface area contributed by atoms with Gasteiger partial charge in [-0.05, 0) is 66.5 Å². The largest absolute Gasteiger partial charge is 0.508 e. The van der Waals surface area contributed by atoms with Crippen LogP contribution >= 0.6 is 0 Å². The summed E-state index contributed by atoms with van der Waals surface area (Å²) in [5, 5.41) is 21.9. The highest BCUT2D eigenvalue weighted by molar-refractivity contribution is 5.95. The van der Waals surface area contributed by atoms with Gasteiger partial charge in [0, 0.05) is 38.2 Å². The van der Waals surface area contributed by atoms with Gasteiger partial charge in [0.05, 0.1) is 0 Å². The Kier molecular flexibility index (Phi) is 10.5. The number of carbonyl (C=O) groups excluding carboxylic acids is 2. The molecule has 0 aromatic heterocycles. The van der Waals surface area contributed by atoms with E-state index in [4.69, 9.17) is 0 Å². The molecule has 1 heterocycles. The van der Waals surface area contributed by atoms with Gasteiger partial charge in [0.15, 0.2) is 0 Å². The van der Waals surface area contributed by atoms with Gasteiger partial charge in [0.2, 0.25) is 11.8 Å². The molecule has 3 unspecified atom stereocenters. The van der Waals surface area contributed by atoms with Gasteiger partial charge < -0.3 is 25.3 Å². The fourth-order valence-corrected chi connectivity index (χ4v) is 5.37. The highest BCUT2D eigenvalue weighted by Crippen LogP contribution is 2.40. The standard InChI is InChI=1S/C31H43N3O5/c1-22(2)19-27(30(38)39)32-28(36)13-14-29(37)34(25-10-6-5-7-11-25)18-17-33-16-15-31(4,23(3)21-33)24-9-8-12-26(35)20-24/h5-12,20,22-23,27,35H,13-19,21H2,1-4H3,(H,32,36)(H,38,39). The quantitative estimate of drug-likeness (QED) is 0.370. The Morgan fingerprint density at radius 3 is 2.44 bits per heavy atom. The summed E-state index contributed by atoms with van der Waals surface area (Å²) in [6.07, 6.45) is 1.22. The molecule has 8 nitrogen and oxygen atoms in total. The number of aromatic hydroxyl groups is 1. The molecule has 0 bridgehead atoms. The summed E-state index contributed by atoms with van der Waals surface area (Å²) in [5.41, 5.74) is 1.88. The van der Waals surface area contributed by atoms with E-state index in [1.807, 2.05) is 56.3 Å². The number of carboxylic acids is 1. The van der Waals surface area contributed by atoms with Gasteiger partial charge in [-0.2, -0.15) is 0 Å². The van der Waals surface area contributed by atoms with Crippen molar-refractivity contribution in [3.05, 3.63) is 60.2 Å². The third kappa shape index (κ3) is 8.30. The van der Waals surface area contributed by atoms with Crippen molar-refractivity contribution in [2.24, 2.45) is 11.8 Å². The summed E-state index contributed by atoms with van der Waals surface area (Å²) in [6, 6.07) is 16.0. The summed E-state index contributed by atoms with van der Waals surface area (Å²) < 4.78 is 0. The van der Waals surface area contributed by atoms with Gasteiger partial charge in [0.1, 0.15) is 11.8 Å². The zero-order valence-corrected chi connectivity index (χ0v) is 23.6. The average Bonchev–Trinajstić information content (AvgIpc) is 2.89. The normalized spacial score (nSPS) is 20.4. The van der Waals surface area contributed by atoms with E-state index in [0.717, 1.165) is 30.8 Å². The lowest BCUT2D eigenvalue weighted by Gasteiger charge is -2.45. The van der Waals surface area contributed by atoms with E-state index < -0.39 is 17.9 Å². The first-order valence-electron chi connectivity index (χ1n) is 13.9. The van der Waals surface area contributed by atoms with E-state index in [1.165, 1.54) is 0 Å². The van der Waals surface area contributed by atoms with Crippen LogP contribution < -0.4 is 10.2 Å². The summed E-state index contributed by atoms with van der Waals surface area (Å²) in [6.45, 7) is 11.2.